The lowest BCUT2D eigenvalue weighted by Gasteiger charge is -2.16. The molecule has 2 N–H and O–H groups in total. The maximum absolute atomic E-state index is 10.7. The third-order valence-corrected chi connectivity index (χ3v) is 6.10. The minimum absolute atomic E-state index is 0.0238. The van der Waals surface area contributed by atoms with Crippen molar-refractivity contribution in [2.24, 2.45) is 0 Å². The normalized spacial score (nSPS) is 11.2. The van der Waals surface area contributed by atoms with Crippen molar-refractivity contribution >= 4 is 21.5 Å². The molecule has 0 fully saturated rings. The first-order valence-corrected chi connectivity index (χ1v) is 10.9. The molecule has 5 heteroatoms. The largest absolute Gasteiger partial charge is 0.508 e. The van der Waals surface area contributed by atoms with Gasteiger partial charge in [0.2, 0.25) is 0 Å². The van der Waals surface area contributed by atoms with Crippen LogP contribution in [0.4, 0.5) is 0 Å². The summed E-state index contributed by atoms with van der Waals surface area (Å²) in [4.78, 5) is 0. The van der Waals surface area contributed by atoms with Gasteiger partial charge in [-0.15, -0.1) is 10.2 Å². The maximum Gasteiger partial charge on any atom is 0.128 e. The van der Waals surface area contributed by atoms with E-state index in [-0.39, 0.29) is 11.5 Å². The molecule has 1 heterocycles. The van der Waals surface area contributed by atoms with E-state index in [1.807, 2.05) is 48.5 Å². The smallest absolute Gasteiger partial charge is 0.128 e. The third kappa shape index (κ3) is 3.22. The molecule has 0 saturated heterocycles. The molecular formula is C29H19N3O2. The maximum atomic E-state index is 10.7. The first kappa shape index (κ1) is 19.9. The van der Waals surface area contributed by atoms with E-state index in [1.54, 1.807) is 6.07 Å². The molecule has 34 heavy (non-hydrogen) atoms. The van der Waals surface area contributed by atoms with Crippen molar-refractivity contribution in [2.45, 2.75) is 0 Å². The summed E-state index contributed by atoms with van der Waals surface area (Å²) in [5.74, 6) is -0.102. The summed E-state index contributed by atoms with van der Waals surface area (Å²) in [7, 11) is 0. The van der Waals surface area contributed by atoms with Crippen LogP contribution < -0.4 is 0 Å². The molecule has 0 amide bonds. The van der Waals surface area contributed by atoms with E-state index in [0.717, 1.165) is 38.2 Å². The van der Waals surface area contributed by atoms with Crippen LogP contribution in [0.5, 0.6) is 11.5 Å². The molecular weight excluding hydrogens is 422 g/mol. The zero-order valence-corrected chi connectivity index (χ0v) is 18.1. The molecule has 6 aromatic rings. The van der Waals surface area contributed by atoms with Gasteiger partial charge in [-0.2, -0.15) is 0 Å². The number of benzene rings is 5. The monoisotopic (exact) mass is 441 g/mol. The minimum Gasteiger partial charge on any atom is -0.508 e. The minimum atomic E-state index is -0.0779. The van der Waals surface area contributed by atoms with E-state index in [2.05, 4.69) is 51.8 Å². The van der Waals surface area contributed by atoms with Crippen molar-refractivity contribution in [3.63, 3.8) is 0 Å². The highest BCUT2D eigenvalue weighted by Crippen LogP contribution is 2.44. The van der Waals surface area contributed by atoms with E-state index < -0.39 is 0 Å². The SMILES string of the molecule is Oc1ccc(-c2nnnc(-c3cccc4ccccc34)c2-c2cccc3ccccc23)c(O)c1. The van der Waals surface area contributed by atoms with Gasteiger partial charge in [0.1, 0.15) is 22.9 Å². The Balaban J connectivity index is 1.76. The quantitative estimate of drug-likeness (QED) is 0.324. The summed E-state index contributed by atoms with van der Waals surface area (Å²) >= 11 is 0. The van der Waals surface area contributed by atoms with Crippen LogP contribution in [-0.4, -0.2) is 25.6 Å². The van der Waals surface area contributed by atoms with Crippen LogP contribution in [0.1, 0.15) is 0 Å². The number of phenols is 2. The summed E-state index contributed by atoms with van der Waals surface area (Å²) in [5, 5.41) is 37.8. The lowest BCUT2D eigenvalue weighted by molar-refractivity contribution is 0.451. The van der Waals surface area contributed by atoms with Gasteiger partial charge in [0.25, 0.3) is 0 Å². The molecule has 0 aliphatic heterocycles. The summed E-state index contributed by atoms with van der Waals surface area (Å²) in [5.41, 5.74) is 4.26. The molecule has 0 unspecified atom stereocenters. The molecule has 162 valence electrons. The number of phenolic OH excluding ortho intramolecular Hbond substituents is 2. The number of aromatic nitrogens is 3. The van der Waals surface area contributed by atoms with Crippen LogP contribution in [0, 0.1) is 0 Å². The van der Waals surface area contributed by atoms with E-state index in [9.17, 15) is 10.2 Å². The molecule has 0 bridgehead atoms. The molecule has 5 aromatic carbocycles. The van der Waals surface area contributed by atoms with Crippen molar-refractivity contribution in [1.29, 1.82) is 0 Å². The Kier molecular flexibility index (Phi) is 4.66. The van der Waals surface area contributed by atoms with E-state index >= 15 is 0 Å². The number of nitrogens with zero attached hydrogens (tertiary/aromatic N) is 3. The van der Waals surface area contributed by atoms with Gasteiger partial charge < -0.3 is 10.2 Å². The molecule has 0 radical (unpaired) electrons. The second-order valence-corrected chi connectivity index (χ2v) is 8.12. The number of fused-ring (bicyclic) bond motifs is 2. The lowest BCUT2D eigenvalue weighted by atomic mass is 9.90. The van der Waals surface area contributed by atoms with E-state index in [0.29, 0.717) is 17.0 Å². The van der Waals surface area contributed by atoms with Crippen molar-refractivity contribution in [3.05, 3.63) is 103 Å². The predicted molar refractivity (Wildman–Crippen MR) is 134 cm³/mol. The number of rotatable bonds is 3. The average molecular weight is 441 g/mol. The molecule has 5 nitrogen and oxygen atoms in total. The highest BCUT2D eigenvalue weighted by atomic mass is 16.3. The molecule has 0 aliphatic carbocycles. The molecule has 0 atom stereocenters. The van der Waals surface area contributed by atoms with Crippen molar-refractivity contribution in [3.8, 4) is 45.1 Å². The van der Waals surface area contributed by atoms with Crippen molar-refractivity contribution in [1.82, 2.24) is 15.4 Å². The van der Waals surface area contributed by atoms with Crippen LogP contribution in [0.2, 0.25) is 0 Å². The molecule has 0 saturated carbocycles. The number of hydrogen-bond acceptors (Lipinski definition) is 5. The Morgan fingerprint density at radius 1 is 0.500 bits per heavy atom. The Morgan fingerprint density at radius 3 is 1.74 bits per heavy atom. The van der Waals surface area contributed by atoms with Gasteiger partial charge in [0.15, 0.2) is 0 Å². The van der Waals surface area contributed by atoms with Crippen LogP contribution in [0.3, 0.4) is 0 Å². The number of aromatic hydroxyl groups is 2. The number of hydrogen-bond donors (Lipinski definition) is 2. The molecule has 0 aliphatic rings. The van der Waals surface area contributed by atoms with E-state index in [4.69, 9.17) is 0 Å². The van der Waals surface area contributed by atoms with Gasteiger partial charge in [-0.3, -0.25) is 0 Å². The van der Waals surface area contributed by atoms with Gasteiger partial charge in [0.05, 0.1) is 0 Å². The van der Waals surface area contributed by atoms with Crippen LogP contribution in [0.15, 0.2) is 103 Å². The van der Waals surface area contributed by atoms with E-state index in [1.165, 1.54) is 12.1 Å². The standard InChI is InChI=1S/C29H19N3O2/c33-20-15-16-25(26(34)17-20)29-27(23-13-5-9-18-7-1-3-11-21(18)23)28(30-32-31-29)24-14-6-10-19-8-2-4-12-22(19)24/h1-17,33-34H. The summed E-state index contributed by atoms with van der Waals surface area (Å²) < 4.78 is 0. The Labute approximate surface area is 195 Å². The summed E-state index contributed by atoms with van der Waals surface area (Å²) in [6.45, 7) is 0. The van der Waals surface area contributed by atoms with Gasteiger partial charge in [-0.25, -0.2) is 0 Å². The first-order valence-electron chi connectivity index (χ1n) is 10.9. The van der Waals surface area contributed by atoms with Gasteiger partial charge in [0, 0.05) is 22.8 Å². The average Bonchev–Trinajstić information content (AvgIpc) is 2.88. The lowest BCUT2D eigenvalue weighted by Crippen LogP contribution is -2.01. The van der Waals surface area contributed by atoms with Gasteiger partial charge in [-0.05, 0) is 44.5 Å². The zero-order valence-electron chi connectivity index (χ0n) is 18.1. The zero-order chi connectivity index (χ0) is 23.1. The second kappa shape index (κ2) is 7.98. The first-order chi connectivity index (χ1) is 16.7. The predicted octanol–water partition coefficient (Wildman–Crippen LogP) is 6.59. The fraction of sp³-hybridized carbons (Fsp3) is 0. The molecule has 6 rings (SSSR count). The Bertz CT molecular complexity index is 1680. The van der Waals surface area contributed by atoms with Crippen LogP contribution >= 0.6 is 0 Å². The molecule has 1 aromatic heterocycles. The van der Waals surface area contributed by atoms with Gasteiger partial charge >= 0.3 is 0 Å². The van der Waals surface area contributed by atoms with Crippen molar-refractivity contribution in [2.75, 3.05) is 0 Å². The van der Waals surface area contributed by atoms with Gasteiger partial charge in [-0.1, -0.05) is 84.9 Å². The topological polar surface area (TPSA) is 79.1 Å². The highest BCUT2D eigenvalue weighted by molar-refractivity contribution is 6.07. The van der Waals surface area contributed by atoms with Crippen LogP contribution in [0.25, 0.3) is 55.2 Å². The second-order valence-electron chi connectivity index (χ2n) is 8.12. The van der Waals surface area contributed by atoms with Crippen molar-refractivity contribution < 1.29 is 10.2 Å². The Hall–Kier alpha value is -4.77. The fourth-order valence-corrected chi connectivity index (χ4v) is 4.55. The molecule has 0 spiro atoms. The van der Waals surface area contributed by atoms with Crippen LogP contribution in [-0.2, 0) is 0 Å². The third-order valence-electron chi connectivity index (χ3n) is 6.10. The summed E-state index contributed by atoms with van der Waals surface area (Å²) in [6, 6.07) is 33.0. The summed E-state index contributed by atoms with van der Waals surface area (Å²) in [6.07, 6.45) is 0. The fourth-order valence-electron chi connectivity index (χ4n) is 4.55. The highest BCUT2D eigenvalue weighted by Gasteiger charge is 2.22. The Morgan fingerprint density at radius 2 is 1.06 bits per heavy atom.